The van der Waals surface area contributed by atoms with Gasteiger partial charge in [0.15, 0.2) is 5.96 Å². The number of aliphatic imine (C=N–C) groups is 1. The first-order valence-electron chi connectivity index (χ1n) is 9.34. The molecule has 0 radical (unpaired) electrons. The van der Waals surface area contributed by atoms with Gasteiger partial charge in [-0.3, -0.25) is 4.79 Å². The quantitative estimate of drug-likeness (QED) is 0.234. The summed E-state index contributed by atoms with van der Waals surface area (Å²) in [6, 6.07) is 5.14. The van der Waals surface area contributed by atoms with E-state index in [1.807, 2.05) is 17.9 Å². The molecule has 0 atom stereocenters. The number of aryl methyl sites for hydroxylation is 1. The minimum atomic E-state index is -0.188. The maximum Gasteiger partial charge on any atom is 0.244 e. The molecule has 0 aliphatic carbocycles. The number of guanidine groups is 1. The van der Waals surface area contributed by atoms with Crippen LogP contribution < -0.4 is 10.6 Å². The normalized spacial score (nSPS) is 14.5. The lowest BCUT2D eigenvalue weighted by Gasteiger charge is -2.26. The van der Waals surface area contributed by atoms with Crippen molar-refractivity contribution in [2.75, 3.05) is 32.7 Å². The first kappa shape index (κ1) is 24.1. The number of nitrogens with one attached hydrogen (secondary N) is 2. The maximum absolute atomic E-state index is 13.8. The van der Waals surface area contributed by atoms with E-state index in [2.05, 4.69) is 31.6 Å². The van der Waals surface area contributed by atoms with E-state index in [0.717, 1.165) is 43.4 Å². The first-order chi connectivity index (χ1) is 12.6. The molecule has 1 amide bonds. The Labute approximate surface area is 186 Å². The number of carbonyl (C=O) groups is 1. The number of hydrogen-bond acceptors (Lipinski definition) is 2. The van der Waals surface area contributed by atoms with Gasteiger partial charge in [0, 0.05) is 30.7 Å². The molecule has 0 aromatic heterocycles. The molecule has 2 rings (SSSR count). The van der Waals surface area contributed by atoms with Crippen LogP contribution in [0.15, 0.2) is 27.7 Å². The fourth-order valence-corrected chi connectivity index (χ4v) is 3.27. The predicted molar refractivity (Wildman–Crippen MR) is 122 cm³/mol. The minimum absolute atomic E-state index is 0. The summed E-state index contributed by atoms with van der Waals surface area (Å²) in [5, 5.41) is 6.36. The number of rotatable bonds is 7. The van der Waals surface area contributed by atoms with Crippen LogP contribution >= 0.6 is 39.9 Å². The van der Waals surface area contributed by atoms with Crippen LogP contribution in [0, 0.1) is 5.82 Å². The Balaban J connectivity index is 0.00000364. The molecule has 1 aromatic carbocycles. The highest BCUT2D eigenvalue weighted by molar-refractivity contribution is 14.0. The fourth-order valence-electron chi connectivity index (χ4n) is 2.94. The van der Waals surface area contributed by atoms with E-state index in [4.69, 9.17) is 0 Å². The molecule has 1 fully saturated rings. The smallest absolute Gasteiger partial charge is 0.244 e. The van der Waals surface area contributed by atoms with Crippen molar-refractivity contribution in [1.29, 1.82) is 0 Å². The van der Waals surface area contributed by atoms with Gasteiger partial charge >= 0.3 is 0 Å². The number of halogens is 3. The molecular formula is C19H29BrFIN4O. The second kappa shape index (κ2) is 13.3. The lowest BCUT2D eigenvalue weighted by atomic mass is 10.1. The lowest BCUT2D eigenvalue weighted by molar-refractivity contribution is -0.130. The monoisotopic (exact) mass is 554 g/mol. The van der Waals surface area contributed by atoms with Gasteiger partial charge in [0.05, 0.1) is 0 Å². The van der Waals surface area contributed by atoms with E-state index in [1.54, 1.807) is 6.07 Å². The van der Waals surface area contributed by atoms with E-state index < -0.39 is 0 Å². The van der Waals surface area contributed by atoms with Gasteiger partial charge in [0.2, 0.25) is 5.91 Å². The summed E-state index contributed by atoms with van der Waals surface area (Å²) in [6.07, 6.45) is 4.80. The number of carbonyl (C=O) groups excluding carboxylic acids is 1. The number of piperidine rings is 1. The summed E-state index contributed by atoms with van der Waals surface area (Å²) >= 11 is 3.26. The molecule has 1 aliphatic heterocycles. The number of hydrogen-bond donors (Lipinski definition) is 2. The van der Waals surface area contributed by atoms with Crippen molar-refractivity contribution in [3.63, 3.8) is 0 Å². The Morgan fingerprint density at radius 3 is 2.67 bits per heavy atom. The van der Waals surface area contributed by atoms with Gasteiger partial charge in [-0.15, -0.1) is 24.0 Å². The van der Waals surface area contributed by atoms with Crippen LogP contribution in [0.3, 0.4) is 0 Å². The van der Waals surface area contributed by atoms with Crippen molar-refractivity contribution in [3.05, 3.63) is 34.1 Å². The Morgan fingerprint density at radius 2 is 2.00 bits per heavy atom. The largest absolute Gasteiger partial charge is 0.357 e. The predicted octanol–water partition coefficient (Wildman–Crippen LogP) is 3.71. The Bertz CT molecular complexity index is 624. The second-order valence-electron chi connectivity index (χ2n) is 6.40. The molecule has 8 heteroatoms. The molecule has 1 heterocycles. The minimum Gasteiger partial charge on any atom is -0.357 e. The molecule has 1 aliphatic rings. The Hall–Kier alpha value is -0.900. The maximum atomic E-state index is 13.8. The van der Waals surface area contributed by atoms with Crippen LogP contribution in [0.5, 0.6) is 0 Å². The van der Waals surface area contributed by atoms with Crippen LogP contribution in [0.2, 0.25) is 0 Å². The molecule has 0 spiro atoms. The average molecular weight is 555 g/mol. The van der Waals surface area contributed by atoms with Crippen molar-refractivity contribution in [3.8, 4) is 0 Å². The summed E-state index contributed by atoms with van der Waals surface area (Å²) in [6.45, 7) is 5.23. The van der Waals surface area contributed by atoms with Gasteiger partial charge in [-0.25, -0.2) is 9.38 Å². The van der Waals surface area contributed by atoms with Gasteiger partial charge in [-0.2, -0.15) is 0 Å². The highest BCUT2D eigenvalue weighted by Gasteiger charge is 2.15. The van der Waals surface area contributed by atoms with Crippen molar-refractivity contribution in [2.45, 2.75) is 39.0 Å². The zero-order valence-electron chi connectivity index (χ0n) is 15.8. The van der Waals surface area contributed by atoms with Crippen molar-refractivity contribution in [1.82, 2.24) is 15.5 Å². The van der Waals surface area contributed by atoms with Crippen molar-refractivity contribution >= 4 is 51.8 Å². The van der Waals surface area contributed by atoms with Crippen LogP contribution in [0.1, 0.15) is 38.2 Å². The zero-order valence-corrected chi connectivity index (χ0v) is 19.7. The number of likely N-dealkylation sites (tertiary alicyclic amines) is 1. The second-order valence-corrected chi connectivity index (χ2v) is 7.32. The van der Waals surface area contributed by atoms with E-state index in [0.29, 0.717) is 24.5 Å². The molecule has 0 bridgehead atoms. The third kappa shape index (κ3) is 8.76. The van der Waals surface area contributed by atoms with Gasteiger partial charge in [0.25, 0.3) is 0 Å². The first-order valence-corrected chi connectivity index (χ1v) is 10.1. The van der Waals surface area contributed by atoms with Gasteiger partial charge in [0.1, 0.15) is 12.4 Å². The third-order valence-electron chi connectivity index (χ3n) is 4.36. The molecule has 27 heavy (non-hydrogen) atoms. The third-order valence-corrected chi connectivity index (χ3v) is 4.85. The average Bonchev–Trinajstić information content (AvgIpc) is 2.65. The van der Waals surface area contributed by atoms with Crippen molar-refractivity contribution < 1.29 is 9.18 Å². The highest BCUT2D eigenvalue weighted by Crippen LogP contribution is 2.16. The van der Waals surface area contributed by atoms with Gasteiger partial charge < -0.3 is 15.5 Å². The molecule has 1 saturated heterocycles. The summed E-state index contributed by atoms with van der Waals surface area (Å²) in [5.41, 5.74) is 0.706. The molecule has 2 N–H and O–H groups in total. The van der Waals surface area contributed by atoms with Gasteiger partial charge in [-0.1, -0.05) is 22.0 Å². The summed E-state index contributed by atoms with van der Waals surface area (Å²) in [5.74, 6) is 0.528. The van der Waals surface area contributed by atoms with E-state index in [9.17, 15) is 9.18 Å². The highest BCUT2D eigenvalue weighted by atomic mass is 127. The topological polar surface area (TPSA) is 56.7 Å². The SMILES string of the molecule is CCNC(=NCC(=O)N1CCCCC1)NCCCc1ccc(Br)cc1F.I. The standard InChI is InChI=1S/C19H28BrFN4O.HI/c1-2-22-19(24-14-18(26)25-11-4-3-5-12-25)23-10-6-7-15-8-9-16(20)13-17(15)21;/h8-9,13H,2-7,10-12,14H2,1H3,(H2,22,23,24);1H. The Kier molecular flexibility index (Phi) is 11.9. The lowest BCUT2D eigenvalue weighted by Crippen LogP contribution is -2.40. The van der Waals surface area contributed by atoms with Gasteiger partial charge in [-0.05, 0) is 56.7 Å². The summed E-state index contributed by atoms with van der Waals surface area (Å²) < 4.78 is 14.6. The molecular weight excluding hydrogens is 526 g/mol. The van der Waals surface area contributed by atoms with E-state index in [1.165, 1.54) is 12.5 Å². The van der Waals surface area contributed by atoms with Crippen LogP contribution in [-0.2, 0) is 11.2 Å². The Morgan fingerprint density at radius 1 is 1.26 bits per heavy atom. The molecule has 152 valence electrons. The fraction of sp³-hybridized carbons (Fsp3) is 0.579. The van der Waals surface area contributed by atoms with Crippen LogP contribution in [0.25, 0.3) is 0 Å². The number of benzene rings is 1. The van der Waals surface area contributed by atoms with E-state index in [-0.39, 0.29) is 42.2 Å². The number of amides is 1. The molecule has 0 saturated carbocycles. The zero-order chi connectivity index (χ0) is 18.8. The number of nitrogens with zero attached hydrogens (tertiary/aromatic N) is 2. The van der Waals surface area contributed by atoms with Crippen LogP contribution in [0.4, 0.5) is 4.39 Å². The summed E-state index contributed by atoms with van der Waals surface area (Å²) in [4.78, 5) is 18.5. The molecule has 1 aromatic rings. The van der Waals surface area contributed by atoms with Crippen molar-refractivity contribution in [2.24, 2.45) is 4.99 Å². The molecule has 0 unspecified atom stereocenters. The molecule has 5 nitrogen and oxygen atoms in total. The summed E-state index contributed by atoms with van der Waals surface area (Å²) in [7, 11) is 0. The van der Waals surface area contributed by atoms with E-state index >= 15 is 0 Å². The van der Waals surface area contributed by atoms with Crippen LogP contribution in [-0.4, -0.2) is 49.5 Å².